The van der Waals surface area contributed by atoms with E-state index in [0.29, 0.717) is 0 Å². The second-order valence-corrected chi connectivity index (χ2v) is 24.6. The second kappa shape index (κ2) is 17.2. The van der Waals surface area contributed by atoms with Gasteiger partial charge in [0, 0.05) is 106 Å². The molecule has 0 bridgehead atoms. The summed E-state index contributed by atoms with van der Waals surface area (Å²) in [5.74, 6) is 0.273. The van der Waals surface area contributed by atoms with E-state index in [4.69, 9.17) is 0 Å². The first-order valence-electron chi connectivity index (χ1n) is 27.2. The van der Waals surface area contributed by atoms with Crippen molar-refractivity contribution in [2.75, 3.05) is 9.80 Å². The molecule has 17 rings (SSSR count). The Bertz CT molecular complexity index is 4740. The summed E-state index contributed by atoms with van der Waals surface area (Å²) >= 11 is 5.65. The third kappa shape index (κ3) is 6.47. The average Bonchev–Trinajstić information content (AvgIpc) is 3.14. The van der Waals surface area contributed by atoms with Crippen LogP contribution in [-0.2, 0) is 5.41 Å². The van der Waals surface area contributed by atoms with Gasteiger partial charge in [-0.3, -0.25) is 0 Å². The third-order valence-corrected chi connectivity index (χ3v) is 20.9. The zero-order valence-corrected chi connectivity index (χ0v) is 44.9. The van der Waals surface area contributed by atoms with Crippen molar-refractivity contribution in [3.05, 3.63) is 294 Å². The molecular weight excluding hydrogens is 1000 g/mol. The number of anilines is 4. The van der Waals surface area contributed by atoms with Crippen LogP contribution in [0.5, 0.6) is 0 Å². The molecule has 1 spiro atoms. The molecule has 0 aliphatic heterocycles. The van der Waals surface area contributed by atoms with Gasteiger partial charge < -0.3 is 9.80 Å². The maximum Gasteiger partial charge on any atom is 0.0538 e. The van der Waals surface area contributed by atoms with Crippen LogP contribution < -0.4 is 9.80 Å². The molecule has 5 heteroatoms. The summed E-state index contributed by atoms with van der Waals surface area (Å²) in [6.07, 6.45) is 13.9. The summed E-state index contributed by atoms with van der Waals surface area (Å²) in [4.78, 5) is 5.11. The molecule has 2 unspecified atom stereocenters. The van der Waals surface area contributed by atoms with Crippen molar-refractivity contribution in [3.8, 4) is 11.1 Å². The van der Waals surface area contributed by atoms with Gasteiger partial charge in [-0.2, -0.15) is 0 Å². The lowest BCUT2D eigenvalue weighted by Gasteiger charge is -2.40. The fourth-order valence-corrected chi connectivity index (χ4v) is 17.6. The minimum atomic E-state index is -0.318. The molecule has 0 saturated heterocycles. The minimum Gasteiger partial charge on any atom is -0.314 e. The van der Waals surface area contributed by atoms with Crippen LogP contribution in [0.2, 0.25) is 0 Å². The van der Waals surface area contributed by atoms with Crippen molar-refractivity contribution in [1.29, 1.82) is 0 Å². The molecule has 78 heavy (non-hydrogen) atoms. The number of hydrogen-bond acceptors (Lipinski definition) is 5. The van der Waals surface area contributed by atoms with Gasteiger partial charge >= 0.3 is 0 Å². The Kier molecular flexibility index (Phi) is 9.83. The number of hydrogen-bond donors (Lipinski definition) is 0. The number of nitrogens with zero attached hydrogens (tertiary/aromatic N) is 2. The zero-order chi connectivity index (χ0) is 51.1. The predicted molar refractivity (Wildman–Crippen MR) is 336 cm³/mol. The van der Waals surface area contributed by atoms with Gasteiger partial charge in [-0.1, -0.05) is 170 Å². The SMILES string of the molecule is C1=CC2C(C(N(c3ccc(C4=CC=C(N(c5ccc6c(c5)sc5ccccc56)c5ccc6sc7ccccc7c6c5)CC4)cc3)c3ccc4c(c3)sc3ccccc34)=C1)c1ccccc1C21c2ccccc2-c2ccccc21. The molecule has 0 fully saturated rings. The van der Waals surface area contributed by atoms with Gasteiger partial charge in [-0.05, 0) is 142 Å². The molecule has 4 aliphatic carbocycles. The normalized spacial score (nSPS) is 16.9. The fraction of sp³-hybridized carbons (Fsp3) is 0.0685. The smallest absolute Gasteiger partial charge is 0.0538 e. The van der Waals surface area contributed by atoms with Crippen LogP contribution in [0.1, 0.15) is 46.6 Å². The number of thiophene rings is 3. The van der Waals surface area contributed by atoms with Crippen LogP contribution in [-0.4, -0.2) is 0 Å². The number of allylic oxidation sites excluding steroid dienone is 8. The molecule has 3 heterocycles. The molecule has 13 aromatic rings. The van der Waals surface area contributed by atoms with Crippen molar-refractivity contribution in [2.45, 2.75) is 24.2 Å². The van der Waals surface area contributed by atoms with Gasteiger partial charge in [0.15, 0.2) is 0 Å². The molecule has 2 atom stereocenters. The topological polar surface area (TPSA) is 6.48 Å². The zero-order valence-electron chi connectivity index (χ0n) is 42.4. The maximum absolute atomic E-state index is 2.59. The van der Waals surface area contributed by atoms with Gasteiger partial charge in [0.25, 0.3) is 0 Å². The summed E-state index contributed by atoms with van der Waals surface area (Å²) < 4.78 is 7.91. The van der Waals surface area contributed by atoms with E-state index in [1.165, 1.54) is 133 Å². The van der Waals surface area contributed by atoms with E-state index in [9.17, 15) is 0 Å². The molecule has 4 aliphatic rings. The molecule has 0 saturated carbocycles. The molecule has 3 aromatic heterocycles. The van der Waals surface area contributed by atoms with E-state index in [-0.39, 0.29) is 17.3 Å². The first-order valence-corrected chi connectivity index (χ1v) is 29.6. The van der Waals surface area contributed by atoms with Crippen LogP contribution in [0.3, 0.4) is 0 Å². The van der Waals surface area contributed by atoms with Gasteiger partial charge in [-0.25, -0.2) is 0 Å². The lowest BCUT2D eigenvalue weighted by atomic mass is 9.65. The third-order valence-electron chi connectivity index (χ3n) is 17.5. The fourth-order valence-electron chi connectivity index (χ4n) is 14.2. The molecule has 0 N–H and O–H groups in total. The van der Waals surface area contributed by atoms with Gasteiger partial charge in [0.2, 0.25) is 0 Å². The van der Waals surface area contributed by atoms with Crippen LogP contribution in [0, 0.1) is 5.92 Å². The Morgan fingerprint density at radius 2 is 0.872 bits per heavy atom. The predicted octanol–water partition coefficient (Wildman–Crippen LogP) is 21.0. The highest BCUT2D eigenvalue weighted by atomic mass is 32.1. The second-order valence-electron chi connectivity index (χ2n) is 21.4. The Labute approximate surface area is 464 Å². The first kappa shape index (κ1) is 44.5. The van der Waals surface area contributed by atoms with Gasteiger partial charge in [0.1, 0.15) is 0 Å². The summed E-state index contributed by atoms with van der Waals surface area (Å²) in [6.45, 7) is 0. The summed E-state index contributed by atoms with van der Waals surface area (Å²) in [5.41, 5.74) is 18.0. The lowest BCUT2D eigenvalue weighted by molar-refractivity contribution is 0.451. The van der Waals surface area contributed by atoms with Crippen molar-refractivity contribution in [3.63, 3.8) is 0 Å². The average molecular weight is 1050 g/mol. The van der Waals surface area contributed by atoms with E-state index in [1.807, 2.05) is 34.0 Å². The Hall–Kier alpha value is -8.58. The van der Waals surface area contributed by atoms with Crippen molar-refractivity contribution >= 4 is 123 Å². The Morgan fingerprint density at radius 3 is 1.51 bits per heavy atom. The van der Waals surface area contributed by atoms with E-state index in [0.717, 1.165) is 18.5 Å². The number of fused-ring (bicyclic) bond motifs is 19. The molecular formula is C73H48N2S3. The Morgan fingerprint density at radius 1 is 0.372 bits per heavy atom. The summed E-state index contributed by atoms with van der Waals surface area (Å²) in [6, 6.07) is 85.0. The quantitative estimate of drug-likeness (QED) is 0.157. The molecule has 368 valence electrons. The van der Waals surface area contributed by atoms with E-state index in [1.54, 1.807) is 0 Å². The van der Waals surface area contributed by atoms with Gasteiger partial charge in [0.05, 0.1) is 5.41 Å². The highest BCUT2D eigenvalue weighted by molar-refractivity contribution is 7.26. The monoisotopic (exact) mass is 1050 g/mol. The Balaban J connectivity index is 0.776. The molecule has 0 radical (unpaired) electrons. The van der Waals surface area contributed by atoms with Gasteiger partial charge in [-0.15, -0.1) is 34.0 Å². The standard InChI is InChI=1S/C73H48N2S3/c1-7-20-61-52(14-1)53-15-2-8-21-62(53)73(61)63-22-9-3-19-59(63)72-64(73)23-13-24-65(72)75(51-37-40-58-55-17-5-11-26-67(55)78-71(58)44-51)48-34-30-46(31-35-48)45-28-32-47(33-29-45)74(49-38-41-69-60(42-49)56-18-6-12-27-68(56)76-69)50-36-39-57-54-16-4-10-25-66(54)77-70(57)43-50/h1-28,30-32,34-44,64,72H,29,33H2. The van der Waals surface area contributed by atoms with Crippen molar-refractivity contribution in [2.24, 2.45) is 5.92 Å². The number of rotatable bonds is 7. The number of benzene rings is 10. The van der Waals surface area contributed by atoms with E-state index >= 15 is 0 Å². The summed E-state index contributed by atoms with van der Waals surface area (Å²) in [7, 11) is 0. The molecule has 2 nitrogen and oxygen atoms in total. The van der Waals surface area contributed by atoms with Crippen LogP contribution in [0.15, 0.2) is 266 Å². The maximum atomic E-state index is 2.59. The van der Waals surface area contributed by atoms with E-state index < -0.39 is 0 Å². The summed E-state index contributed by atoms with van der Waals surface area (Å²) in [5, 5.41) is 7.91. The van der Waals surface area contributed by atoms with Crippen LogP contribution >= 0.6 is 34.0 Å². The molecule has 0 amide bonds. The van der Waals surface area contributed by atoms with Crippen molar-refractivity contribution in [1.82, 2.24) is 0 Å². The lowest BCUT2D eigenvalue weighted by Crippen LogP contribution is -2.35. The molecule has 10 aromatic carbocycles. The van der Waals surface area contributed by atoms with E-state index in [2.05, 4.69) is 265 Å². The van der Waals surface area contributed by atoms with Crippen LogP contribution in [0.4, 0.5) is 22.7 Å². The largest absolute Gasteiger partial charge is 0.314 e. The first-order chi connectivity index (χ1) is 38.7. The van der Waals surface area contributed by atoms with Crippen molar-refractivity contribution < 1.29 is 0 Å². The highest BCUT2D eigenvalue weighted by Crippen LogP contribution is 2.67. The highest BCUT2D eigenvalue weighted by Gasteiger charge is 2.58. The van der Waals surface area contributed by atoms with Crippen LogP contribution in [0.25, 0.3) is 77.2 Å². The minimum absolute atomic E-state index is 0.106.